The molecule has 406 valence electrons. The molecule has 0 unspecified atom stereocenters. The van der Waals surface area contributed by atoms with Gasteiger partial charge in [-0.3, -0.25) is 43.2 Å². The fourth-order valence-electron chi connectivity index (χ4n) is 6.42. The predicted molar refractivity (Wildman–Crippen MR) is 267 cm³/mol. The number of carboxylic acids is 1. The lowest BCUT2D eigenvalue weighted by molar-refractivity contribution is -0.143. The summed E-state index contributed by atoms with van der Waals surface area (Å²) in [4.78, 5) is 143. The Kier molecular flexibility index (Phi) is 30.0. The van der Waals surface area contributed by atoms with Gasteiger partial charge in [-0.2, -0.15) is 25.3 Å². The van der Waals surface area contributed by atoms with Crippen LogP contribution in [0.3, 0.4) is 0 Å². The molecule has 0 aliphatic rings. The molecule has 0 fully saturated rings. The Labute approximate surface area is 424 Å². The Hall–Kier alpha value is -5.49. The maximum absolute atomic E-state index is 13.8. The molecule has 9 atom stereocenters. The molecule has 0 rings (SSSR count). The molecule has 0 aliphatic heterocycles. The monoisotopic (exact) mass is 1050 g/mol. The van der Waals surface area contributed by atoms with Crippen LogP contribution in [0.5, 0.6) is 0 Å². The van der Waals surface area contributed by atoms with Crippen molar-refractivity contribution in [3.8, 4) is 0 Å². The van der Waals surface area contributed by atoms with Crippen LogP contribution >= 0.6 is 25.3 Å². The Morgan fingerprint density at radius 2 is 1.04 bits per heavy atom. The molecule has 0 saturated heterocycles. The number of carbonyl (C=O) groups excluding carboxylic acids is 10. The maximum atomic E-state index is 13.8. The van der Waals surface area contributed by atoms with Crippen molar-refractivity contribution in [1.82, 2.24) is 47.9 Å². The summed E-state index contributed by atoms with van der Waals surface area (Å²) in [5.41, 5.74) is 24.5. The van der Waals surface area contributed by atoms with E-state index in [0.717, 1.165) is 0 Å². The average Bonchev–Trinajstić information content (AvgIpc) is 3.27. The van der Waals surface area contributed by atoms with Crippen molar-refractivity contribution in [2.45, 2.75) is 159 Å². The minimum atomic E-state index is -1.90. The first kappa shape index (κ1) is 65.5. The second-order valence-corrected chi connectivity index (χ2v) is 19.1. The first-order valence-electron chi connectivity index (χ1n) is 23.0. The lowest BCUT2D eigenvalue weighted by Crippen LogP contribution is -2.64. The van der Waals surface area contributed by atoms with E-state index in [-0.39, 0.29) is 38.0 Å². The normalized spacial score (nSPS) is 15.3. The maximum Gasteiger partial charge on any atom is 0.326 e. The van der Waals surface area contributed by atoms with E-state index in [1.807, 2.05) is 0 Å². The smallest absolute Gasteiger partial charge is 0.326 e. The van der Waals surface area contributed by atoms with Crippen LogP contribution < -0.4 is 76.5 Å². The van der Waals surface area contributed by atoms with E-state index in [9.17, 15) is 63.0 Å². The number of aliphatic carboxylic acids is 1. The minimum absolute atomic E-state index is 0.0130. The SMILES string of the molecule is C[C@@H](O)[C@H](NC(=O)[C@@H](NC(=O)[C@H](CS)NC(=O)[C@H](CC(N)=O)NC(=O)C(C)(C)NC(=O)[C@H](CCCNC(N)=O)NC(=O)[C@H](CCCCN)NC(=O)[C@@H](N)CS)C(C)(C)C)C(=O)N[C@@H](CCCCN)C(=O)O. The third-order valence-electron chi connectivity index (χ3n) is 10.6. The van der Waals surface area contributed by atoms with Crippen molar-refractivity contribution in [2.24, 2.45) is 34.1 Å². The van der Waals surface area contributed by atoms with Gasteiger partial charge in [0.1, 0.15) is 47.8 Å². The van der Waals surface area contributed by atoms with Crippen LogP contribution in [0.4, 0.5) is 4.79 Å². The molecule has 21 N–H and O–H groups in total. The number of urea groups is 1. The molecule has 0 aliphatic carbocycles. The Bertz CT molecular complexity index is 1840. The zero-order valence-corrected chi connectivity index (χ0v) is 43.1. The number of hydrogen-bond donors (Lipinski definition) is 18. The number of amides is 11. The molecule has 0 aromatic heterocycles. The van der Waals surface area contributed by atoms with Gasteiger partial charge in [0.15, 0.2) is 0 Å². The van der Waals surface area contributed by atoms with E-state index >= 15 is 0 Å². The van der Waals surface area contributed by atoms with Gasteiger partial charge in [-0.05, 0) is 90.6 Å². The fourth-order valence-corrected chi connectivity index (χ4v) is 6.84. The summed E-state index contributed by atoms with van der Waals surface area (Å²) < 4.78 is 0. The Morgan fingerprint density at radius 3 is 1.52 bits per heavy atom. The summed E-state index contributed by atoms with van der Waals surface area (Å²) in [5, 5.41) is 41.9. The highest BCUT2D eigenvalue weighted by atomic mass is 32.1. The highest BCUT2D eigenvalue weighted by Crippen LogP contribution is 2.20. The number of hydrogen-bond acceptors (Lipinski definition) is 17. The third-order valence-corrected chi connectivity index (χ3v) is 11.4. The molecular formula is C42H78N14O13S2. The van der Waals surface area contributed by atoms with Crippen LogP contribution in [0.25, 0.3) is 0 Å². The van der Waals surface area contributed by atoms with Crippen LogP contribution in [-0.4, -0.2) is 166 Å². The number of carboxylic acid groups (broad SMARTS) is 1. The van der Waals surface area contributed by atoms with Crippen molar-refractivity contribution >= 4 is 90.4 Å². The minimum Gasteiger partial charge on any atom is -0.480 e. The number of nitrogens with one attached hydrogen (secondary N) is 9. The van der Waals surface area contributed by atoms with Gasteiger partial charge in [0.05, 0.1) is 18.6 Å². The van der Waals surface area contributed by atoms with Gasteiger partial charge in [0, 0.05) is 18.1 Å². The Balaban J connectivity index is 6.40. The van der Waals surface area contributed by atoms with E-state index < -0.39 is 143 Å². The first-order chi connectivity index (χ1) is 33.0. The molecule has 71 heavy (non-hydrogen) atoms. The van der Waals surface area contributed by atoms with Crippen molar-refractivity contribution in [3.05, 3.63) is 0 Å². The number of nitrogens with two attached hydrogens (primary N) is 5. The number of thiol groups is 2. The van der Waals surface area contributed by atoms with Crippen LogP contribution in [0, 0.1) is 5.41 Å². The third kappa shape index (κ3) is 25.0. The van der Waals surface area contributed by atoms with Gasteiger partial charge in [0.2, 0.25) is 53.2 Å². The zero-order valence-electron chi connectivity index (χ0n) is 41.3. The quantitative estimate of drug-likeness (QED) is 0.0211. The van der Waals surface area contributed by atoms with Crippen molar-refractivity contribution in [2.75, 3.05) is 31.1 Å². The molecule has 0 saturated carbocycles. The van der Waals surface area contributed by atoms with Crippen LogP contribution in [0.2, 0.25) is 0 Å². The fraction of sp³-hybridized carbons (Fsp3) is 0.738. The van der Waals surface area contributed by atoms with Crippen molar-refractivity contribution in [1.29, 1.82) is 0 Å². The summed E-state index contributed by atoms with van der Waals surface area (Å²) in [5.74, 6) is -10.4. The molecule has 0 aromatic carbocycles. The van der Waals surface area contributed by atoms with E-state index in [1.54, 1.807) is 20.8 Å². The second kappa shape index (κ2) is 32.5. The number of carbonyl (C=O) groups is 11. The predicted octanol–water partition coefficient (Wildman–Crippen LogP) is -5.44. The molecular weight excluding hydrogens is 973 g/mol. The second-order valence-electron chi connectivity index (χ2n) is 18.4. The van der Waals surface area contributed by atoms with Crippen LogP contribution in [0.1, 0.15) is 99.3 Å². The van der Waals surface area contributed by atoms with Crippen molar-refractivity contribution in [3.63, 3.8) is 0 Å². The largest absolute Gasteiger partial charge is 0.480 e. The van der Waals surface area contributed by atoms with E-state index in [4.69, 9.17) is 28.7 Å². The van der Waals surface area contributed by atoms with Crippen molar-refractivity contribution < 1.29 is 63.0 Å². The van der Waals surface area contributed by atoms with Gasteiger partial charge in [-0.25, -0.2) is 9.59 Å². The average molecular weight is 1050 g/mol. The summed E-state index contributed by atoms with van der Waals surface area (Å²) in [7, 11) is 0. The van der Waals surface area contributed by atoms with E-state index in [1.165, 1.54) is 20.8 Å². The van der Waals surface area contributed by atoms with Crippen LogP contribution in [-0.2, 0) is 47.9 Å². The summed E-state index contributed by atoms with van der Waals surface area (Å²) in [6.07, 6.45) is -0.472. The highest BCUT2D eigenvalue weighted by Gasteiger charge is 2.40. The molecule has 11 amide bonds. The number of aliphatic hydroxyl groups excluding tert-OH is 1. The lowest BCUT2D eigenvalue weighted by atomic mass is 9.85. The molecule has 27 nitrogen and oxygen atoms in total. The molecule has 0 spiro atoms. The van der Waals surface area contributed by atoms with E-state index in [2.05, 4.69) is 73.1 Å². The molecule has 0 radical (unpaired) electrons. The zero-order chi connectivity index (χ0) is 54.8. The number of rotatable bonds is 34. The van der Waals surface area contributed by atoms with Gasteiger partial charge in [0.25, 0.3) is 0 Å². The lowest BCUT2D eigenvalue weighted by Gasteiger charge is -2.34. The highest BCUT2D eigenvalue weighted by molar-refractivity contribution is 7.80. The topological polar surface area (TPSA) is 467 Å². The summed E-state index contributed by atoms with van der Waals surface area (Å²) in [6.45, 7) is 8.91. The first-order valence-corrected chi connectivity index (χ1v) is 24.3. The Morgan fingerprint density at radius 1 is 0.563 bits per heavy atom. The summed E-state index contributed by atoms with van der Waals surface area (Å²) in [6, 6.07) is -12.3. The number of primary amides is 2. The van der Waals surface area contributed by atoms with Gasteiger partial charge >= 0.3 is 12.0 Å². The van der Waals surface area contributed by atoms with Gasteiger partial charge < -0.3 is 86.7 Å². The van der Waals surface area contributed by atoms with Crippen LogP contribution in [0.15, 0.2) is 0 Å². The molecule has 0 bridgehead atoms. The van der Waals surface area contributed by atoms with Gasteiger partial charge in [-0.1, -0.05) is 20.8 Å². The standard InChI is InChI=1S/C42H78N14O13S2/c1-21(57)29(36(64)51-25(38(66)67)13-8-10-16-44)54-37(65)30(41(2,3)4)55-34(62)27(20-71)52-33(61)26(18-28(46)58)53-39(68)42(5,6)56-35(63)24(14-11-17-48-40(47)69)50-32(60)23(12-7-9-15-43)49-31(59)22(45)19-70/h21-27,29-30,57,70-71H,7-20,43-45H2,1-6H3,(H2,46,58)(H,49,59)(H,50,60)(H,51,64)(H,52,61)(H,53,68)(H,54,65)(H,55,62)(H,56,63)(H,66,67)(H3,47,48,69)/t21-,22+,23+,24+,25+,26+,27+,29+,30-/m1/s1. The molecule has 0 aromatic rings. The molecule has 0 heterocycles. The number of aliphatic hydroxyl groups is 1. The summed E-state index contributed by atoms with van der Waals surface area (Å²) >= 11 is 8.19. The molecule has 29 heteroatoms. The number of unbranched alkanes of at least 4 members (excludes halogenated alkanes) is 2. The van der Waals surface area contributed by atoms with E-state index in [0.29, 0.717) is 38.8 Å². The van der Waals surface area contributed by atoms with Gasteiger partial charge in [-0.15, -0.1) is 0 Å².